The molecule has 0 spiro atoms. The van der Waals surface area contributed by atoms with Crippen LogP contribution in [0.4, 0.5) is 5.69 Å². The Hall–Kier alpha value is -0.840. The average Bonchev–Trinajstić information content (AvgIpc) is 2.59. The van der Waals surface area contributed by atoms with Crippen molar-refractivity contribution in [3.8, 4) is 0 Å². The molecule has 17 heavy (non-hydrogen) atoms. The van der Waals surface area contributed by atoms with Gasteiger partial charge in [-0.05, 0) is 19.9 Å². The molecule has 0 saturated carbocycles. The quantitative estimate of drug-likeness (QED) is 0.827. The first-order valence-electron chi connectivity index (χ1n) is 5.75. The molecule has 4 nitrogen and oxygen atoms in total. The first-order chi connectivity index (χ1) is 7.98. The van der Waals surface area contributed by atoms with E-state index in [0.717, 1.165) is 5.56 Å². The van der Waals surface area contributed by atoms with E-state index in [-0.39, 0.29) is 12.2 Å². The smallest absolute Gasteiger partial charge is 0.197 e. The summed E-state index contributed by atoms with van der Waals surface area (Å²) in [7, 11) is 0. The monoisotopic (exact) mass is 256 g/mol. The highest BCUT2D eigenvalue weighted by molar-refractivity contribution is 6.29. The van der Waals surface area contributed by atoms with Crippen molar-refractivity contribution in [3.05, 3.63) is 23.0 Å². The van der Waals surface area contributed by atoms with Gasteiger partial charge in [-0.3, -0.25) is 0 Å². The number of nitrogen functional groups attached to an aromatic ring is 1. The third kappa shape index (κ3) is 2.12. The molecule has 2 atom stereocenters. The summed E-state index contributed by atoms with van der Waals surface area (Å²) in [6.07, 6.45) is 2.27. The number of nitrogens with zero attached hydrogens (tertiary/aromatic N) is 1. The number of halogens is 1. The Bertz CT molecular complexity index is 415. The second-order valence-electron chi connectivity index (χ2n) is 4.35. The van der Waals surface area contributed by atoms with Crippen LogP contribution in [0.3, 0.4) is 0 Å². The standard InChI is InChI=1S/C12H17ClN2O2/c1-4-12(16-7(2)8(3)17-12)9-5-11(13)15-6-10(9)14/h5-8H,4,14H2,1-3H3. The van der Waals surface area contributed by atoms with Gasteiger partial charge >= 0.3 is 0 Å². The van der Waals surface area contributed by atoms with Crippen molar-refractivity contribution in [1.29, 1.82) is 0 Å². The number of rotatable bonds is 2. The molecule has 2 N–H and O–H groups in total. The van der Waals surface area contributed by atoms with Crippen LogP contribution in [0.1, 0.15) is 32.8 Å². The lowest BCUT2D eigenvalue weighted by Crippen LogP contribution is -2.28. The van der Waals surface area contributed by atoms with Crippen LogP contribution in [0.2, 0.25) is 5.15 Å². The third-order valence-electron chi connectivity index (χ3n) is 3.19. The molecule has 1 aromatic heterocycles. The summed E-state index contributed by atoms with van der Waals surface area (Å²) in [5.74, 6) is -0.796. The second kappa shape index (κ2) is 4.44. The first kappa shape index (κ1) is 12.6. The number of anilines is 1. The molecule has 0 aliphatic carbocycles. The minimum Gasteiger partial charge on any atom is -0.397 e. The van der Waals surface area contributed by atoms with Gasteiger partial charge in [0.1, 0.15) is 5.15 Å². The fourth-order valence-corrected chi connectivity index (χ4v) is 2.23. The maximum absolute atomic E-state index is 5.94. The fourth-order valence-electron chi connectivity index (χ4n) is 2.07. The van der Waals surface area contributed by atoms with Crippen molar-refractivity contribution in [2.24, 2.45) is 0 Å². The van der Waals surface area contributed by atoms with E-state index in [1.165, 1.54) is 6.20 Å². The van der Waals surface area contributed by atoms with E-state index in [0.29, 0.717) is 17.3 Å². The molecular formula is C12H17ClN2O2. The van der Waals surface area contributed by atoms with Crippen LogP contribution in [0, 0.1) is 0 Å². The van der Waals surface area contributed by atoms with E-state index >= 15 is 0 Å². The van der Waals surface area contributed by atoms with Gasteiger partial charge in [0.25, 0.3) is 0 Å². The summed E-state index contributed by atoms with van der Waals surface area (Å²) in [6, 6.07) is 1.71. The number of aromatic nitrogens is 1. The van der Waals surface area contributed by atoms with E-state index in [1.54, 1.807) is 6.07 Å². The van der Waals surface area contributed by atoms with Gasteiger partial charge in [0, 0.05) is 12.0 Å². The molecule has 2 unspecified atom stereocenters. The highest BCUT2D eigenvalue weighted by atomic mass is 35.5. The van der Waals surface area contributed by atoms with Gasteiger partial charge in [-0.15, -0.1) is 0 Å². The van der Waals surface area contributed by atoms with Crippen molar-refractivity contribution in [2.75, 3.05) is 5.73 Å². The molecule has 2 heterocycles. The lowest BCUT2D eigenvalue weighted by molar-refractivity contribution is -0.183. The Balaban J connectivity index is 2.45. The molecule has 0 aromatic carbocycles. The van der Waals surface area contributed by atoms with Gasteiger partial charge in [-0.25, -0.2) is 4.98 Å². The number of nitrogens with two attached hydrogens (primary N) is 1. The Kier molecular flexibility index (Phi) is 3.30. The Morgan fingerprint density at radius 1 is 1.41 bits per heavy atom. The molecule has 1 aliphatic rings. The Morgan fingerprint density at radius 2 is 2.00 bits per heavy atom. The van der Waals surface area contributed by atoms with Crippen molar-refractivity contribution in [2.45, 2.75) is 45.2 Å². The molecule has 5 heteroatoms. The van der Waals surface area contributed by atoms with Crippen molar-refractivity contribution in [1.82, 2.24) is 4.98 Å². The average molecular weight is 257 g/mol. The molecule has 1 fully saturated rings. The lowest BCUT2D eigenvalue weighted by atomic mass is 10.0. The largest absolute Gasteiger partial charge is 0.397 e. The van der Waals surface area contributed by atoms with E-state index in [9.17, 15) is 0 Å². The van der Waals surface area contributed by atoms with E-state index in [1.807, 2.05) is 20.8 Å². The first-order valence-corrected chi connectivity index (χ1v) is 6.13. The van der Waals surface area contributed by atoms with Crippen LogP contribution in [-0.4, -0.2) is 17.2 Å². The minimum atomic E-state index is -0.796. The summed E-state index contributed by atoms with van der Waals surface area (Å²) in [5, 5.41) is 0.390. The number of pyridine rings is 1. The van der Waals surface area contributed by atoms with Crippen molar-refractivity contribution >= 4 is 17.3 Å². The second-order valence-corrected chi connectivity index (χ2v) is 4.73. The summed E-state index contributed by atoms with van der Waals surface area (Å²) in [6.45, 7) is 5.97. The SMILES string of the molecule is CCC1(c2cc(Cl)ncc2N)OC(C)C(C)O1. The summed E-state index contributed by atoms with van der Waals surface area (Å²) < 4.78 is 11.9. The molecule has 94 valence electrons. The van der Waals surface area contributed by atoms with E-state index < -0.39 is 5.79 Å². The Morgan fingerprint density at radius 3 is 2.53 bits per heavy atom. The van der Waals surface area contributed by atoms with Crippen LogP contribution in [0.5, 0.6) is 0 Å². The van der Waals surface area contributed by atoms with Crippen molar-refractivity contribution in [3.63, 3.8) is 0 Å². The molecular weight excluding hydrogens is 240 g/mol. The van der Waals surface area contributed by atoms with Crippen LogP contribution in [-0.2, 0) is 15.3 Å². The van der Waals surface area contributed by atoms with Gasteiger partial charge in [-0.1, -0.05) is 18.5 Å². The van der Waals surface area contributed by atoms with Crippen LogP contribution in [0.25, 0.3) is 0 Å². The summed E-state index contributed by atoms with van der Waals surface area (Å²) in [4.78, 5) is 3.94. The Labute approximate surface area is 106 Å². The van der Waals surface area contributed by atoms with Crippen LogP contribution in [0.15, 0.2) is 12.3 Å². The number of hydrogen-bond acceptors (Lipinski definition) is 4. The third-order valence-corrected chi connectivity index (χ3v) is 3.40. The topological polar surface area (TPSA) is 57.4 Å². The predicted octanol–water partition coefficient (Wildman–Crippen LogP) is 2.70. The zero-order valence-corrected chi connectivity index (χ0v) is 11.0. The molecule has 0 bridgehead atoms. The van der Waals surface area contributed by atoms with Crippen LogP contribution < -0.4 is 5.73 Å². The fraction of sp³-hybridized carbons (Fsp3) is 0.583. The normalized spacial score (nSPS) is 32.9. The molecule has 1 saturated heterocycles. The predicted molar refractivity (Wildman–Crippen MR) is 66.7 cm³/mol. The highest BCUT2D eigenvalue weighted by Crippen LogP contribution is 2.42. The summed E-state index contributed by atoms with van der Waals surface area (Å²) >= 11 is 5.91. The number of hydrogen-bond donors (Lipinski definition) is 1. The zero-order valence-electron chi connectivity index (χ0n) is 10.2. The molecule has 2 rings (SSSR count). The maximum atomic E-state index is 5.94. The van der Waals surface area contributed by atoms with Gasteiger partial charge in [0.2, 0.25) is 0 Å². The lowest BCUT2D eigenvalue weighted by Gasteiger charge is -2.28. The van der Waals surface area contributed by atoms with Crippen molar-refractivity contribution < 1.29 is 9.47 Å². The van der Waals surface area contributed by atoms with Gasteiger partial charge in [0.05, 0.1) is 24.1 Å². The minimum absolute atomic E-state index is 0.0290. The molecule has 1 aromatic rings. The van der Waals surface area contributed by atoms with E-state index in [2.05, 4.69) is 4.98 Å². The van der Waals surface area contributed by atoms with E-state index in [4.69, 9.17) is 26.8 Å². The zero-order chi connectivity index (χ0) is 12.6. The molecule has 0 amide bonds. The van der Waals surface area contributed by atoms with Gasteiger partial charge in [-0.2, -0.15) is 0 Å². The molecule has 1 aliphatic heterocycles. The van der Waals surface area contributed by atoms with Gasteiger partial charge < -0.3 is 15.2 Å². The highest BCUT2D eigenvalue weighted by Gasteiger charge is 2.45. The number of ether oxygens (including phenoxy) is 2. The maximum Gasteiger partial charge on any atom is 0.197 e. The van der Waals surface area contributed by atoms with Gasteiger partial charge in [0.15, 0.2) is 5.79 Å². The van der Waals surface area contributed by atoms with Crippen LogP contribution >= 0.6 is 11.6 Å². The molecule has 0 radical (unpaired) electrons. The summed E-state index contributed by atoms with van der Waals surface area (Å²) in [5.41, 5.74) is 7.24.